The lowest BCUT2D eigenvalue weighted by molar-refractivity contribution is 0.655. The van der Waals surface area contributed by atoms with E-state index in [9.17, 15) is 0 Å². The molecule has 1 heteroatoms. The van der Waals surface area contributed by atoms with Gasteiger partial charge < -0.3 is 4.57 Å². The van der Waals surface area contributed by atoms with Gasteiger partial charge in [0.25, 0.3) is 0 Å². The number of allylic oxidation sites excluding steroid dienone is 4. The Balaban J connectivity index is 1.97. The van der Waals surface area contributed by atoms with E-state index in [1.165, 1.54) is 55.3 Å². The zero-order valence-corrected chi connectivity index (χ0v) is 17.3. The topological polar surface area (TPSA) is 4.93 Å². The maximum absolute atomic E-state index is 4.11. The van der Waals surface area contributed by atoms with Crippen LogP contribution in [-0.2, 0) is 5.41 Å². The fraction of sp³-hybridized carbons (Fsp3) is 0.143. The van der Waals surface area contributed by atoms with E-state index in [2.05, 4.69) is 99.2 Å². The number of hydrogen-bond donors (Lipinski definition) is 0. The van der Waals surface area contributed by atoms with E-state index >= 15 is 0 Å². The summed E-state index contributed by atoms with van der Waals surface area (Å²) in [6, 6.07) is 22.1. The number of hydrogen-bond acceptors (Lipinski definition) is 0. The number of aryl methyl sites for hydroxylation is 1. The van der Waals surface area contributed by atoms with Crippen LogP contribution in [0.5, 0.6) is 0 Å². The monoisotopic (exact) mass is 375 g/mol. The first kappa shape index (κ1) is 17.8. The van der Waals surface area contributed by atoms with Crippen LogP contribution in [0.15, 0.2) is 91.5 Å². The summed E-state index contributed by atoms with van der Waals surface area (Å²) in [6.45, 7) is 14.9. The van der Waals surface area contributed by atoms with Crippen molar-refractivity contribution >= 4 is 27.4 Å². The summed E-state index contributed by atoms with van der Waals surface area (Å²) in [5, 5.41) is 2.60. The molecule has 3 aromatic carbocycles. The van der Waals surface area contributed by atoms with Gasteiger partial charge in [-0.1, -0.05) is 69.0 Å². The van der Waals surface area contributed by atoms with Gasteiger partial charge in [-0.15, -0.1) is 0 Å². The van der Waals surface area contributed by atoms with Crippen LogP contribution in [-0.4, -0.2) is 4.57 Å². The lowest BCUT2D eigenvalue weighted by Gasteiger charge is -2.22. The van der Waals surface area contributed by atoms with Crippen molar-refractivity contribution in [1.82, 2.24) is 4.57 Å². The molecular formula is C28H25N. The fourth-order valence-electron chi connectivity index (χ4n) is 4.99. The van der Waals surface area contributed by atoms with Crippen molar-refractivity contribution < 1.29 is 0 Å². The van der Waals surface area contributed by atoms with Gasteiger partial charge in [0.2, 0.25) is 0 Å². The minimum Gasteiger partial charge on any atom is -0.309 e. The lowest BCUT2D eigenvalue weighted by atomic mass is 9.81. The summed E-state index contributed by atoms with van der Waals surface area (Å²) < 4.78 is 2.38. The Labute approximate surface area is 172 Å². The minimum atomic E-state index is -0.0835. The third-order valence-electron chi connectivity index (χ3n) is 6.41. The highest BCUT2D eigenvalue weighted by atomic mass is 15.0. The Morgan fingerprint density at radius 2 is 1.55 bits per heavy atom. The highest BCUT2D eigenvalue weighted by molar-refractivity contribution is 6.11. The van der Waals surface area contributed by atoms with Crippen molar-refractivity contribution in [3.8, 4) is 5.69 Å². The zero-order chi connectivity index (χ0) is 20.3. The van der Waals surface area contributed by atoms with E-state index in [1.54, 1.807) is 0 Å². The van der Waals surface area contributed by atoms with E-state index < -0.39 is 0 Å². The number of fused-ring (bicyclic) bond motifs is 4. The molecule has 1 aliphatic rings. The highest BCUT2D eigenvalue weighted by Crippen LogP contribution is 2.49. The molecule has 4 aromatic rings. The normalized spacial score (nSPS) is 15.1. The second-order valence-corrected chi connectivity index (χ2v) is 8.47. The van der Waals surface area contributed by atoms with Gasteiger partial charge in [-0.3, -0.25) is 0 Å². The molecule has 1 nitrogen and oxygen atoms in total. The molecule has 0 atom stereocenters. The van der Waals surface area contributed by atoms with E-state index in [0.29, 0.717) is 0 Å². The van der Waals surface area contributed by atoms with Gasteiger partial charge >= 0.3 is 0 Å². The predicted octanol–water partition coefficient (Wildman–Crippen LogP) is 7.51. The molecule has 0 spiro atoms. The van der Waals surface area contributed by atoms with Gasteiger partial charge in [0.1, 0.15) is 0 Å². The summed E-state index contributed by atoms with van der Waals surface area (Å²) in [7, 11) is 0. The number of nitrogens with zero attached hydrogens (tertiary/aromatic N) is 1. The van der Waals surface area contributed by atoms with Crippen molar-refractivity contribution in [2.75, 3.05) is 0 Å². The molecule has 0 aliphatic heterocycles. The van der Waals surface area contributed by atoms with Crippen LogP contribution >= 0.6 is 0 Å². The molecule has 0 bridgehead atoms. The average molecular weight is 376 g/mol. The lowest BCUT2D eigenvalue weighted by Crippen LogP contribution is -2.16. The van der Waals surface area contributed by atoms with Crippen LogP contribution in [0.4, 0.5) is 0 Å². The Morgan fingerprint density at radius 1 is 0.828 bits per heavy atom. The number of rotatable bonds is 3. The molecule has 0 saturated carbocycles. The van der Waals surface area contributed by atoms with Gasteiger partial charge in [0.05, 0.1) is 11.0 Å². The van der Waals surface area contributed by atoms with Crippen molar-refractivity contribution in [3.05, 3.63) is 108 Å². The van der Waals surface area contributed by atoms with Gasteiger partial charge in [-0.05, 0) is 65.6 Å². The summed E-state index contributed by atoms with van der Waals surface area (Å²) in [4.78, 5) is 0. The second kappa shape index (κ2) is 6.09. The van der Waals surface area contributed by atoms with E-state index in [-0.39, 0.29) is 5.41 Å². The molecule has 142 valence electrons. The molecular weight excluding hydrogens is 350 g/mol. The number of benzene rings is 3. The van der Waals surface area contributed by atoms with Crippen molar-refractivity contribution in [2.24, 2.45) is 0 Å². The van der Waals surface area contributed by atoms with Gasteiger partial charge in [-0.2, -0.15) is 0 Å². The summed E-state index contributed by atoms with van der Waals surface area (Å²) >= 11 is 0. The van der Waals surface area contributed by atoms with Crippen molar-refractivity contribution in [2.45, 2.75) is 26.2 Å². The molecule has 29 heavy (non-hydrogen) atoms. The summed E-state index contributed by atoms with van der Waals surface area (Å²) in [6.07, 6.45) is 3.98. The first-order valence-corrected chi connectivity index (χ1v) is 10.1. The Hall–Kier alpha value is -3.32. The average Bonchev–Trinajstić information content (AvgIpc) is 3.15. The van der Waals surface area contributed by atoms with Crippen molar-refractivity contribution in [3.63, 3.8) is 0 Å². The molecule has 0 N–H and O–H groups in total. The van der Waals surface area contributed by atoms with Crippen LogP contribution in [0.2, 0.25) is 0 Å². The summed E-state index contributed by atoms with van der Waals surface area (Å²) in [5.74, 6) is 0. The molecule has 0 unspecified atom stereocenters. The Morgan fingerprint density at radius 3 is 2.24 bits per heavy atom. The maximum Gasteiger partial charge on any atom is 0.0547 e. The number of aromatic nitrogens is 1. The van der Waals surface area contributed by atoms with Crippen LogP contribution in [0.1, 0.15) is 30.5 Å². The standard InChI is InChI=1S/C28H25N/c1-6-20-21-17-27-23(16-25(21)28(4,5)24(20)7-2)22-15-18(3)13-14-26(22)29(27)19-11-9-8-10-12-19/h6-17H,1-2H2,3-5H3. The van der Waals surface area contributed by atoms with Gasteiger partial charge in [0.15, 0.2) is 0 Å². The predicted molar refractivity (Wildman–Crippen MR) is 126 cm³/mol. The highest BCUT2D eigenvalue weighted by Gasteiger charge is 2.36. The first-order chi connectivity index (χ1) is 14.0. The van der Waals surface area contributed by atoms with Crippen LogP contribution in [0.25, 0.3) is 33.1 Å². The SMILES string of the molecule is C=CC1=C(C=C)C(C)(C)c2cc3c4cc(C)ccc4n(-c4ccccc4)c3cc21. The molecule has 1 aromatic heterocycles. The third-order valence-corrected chi connectivity index (χ3v) is 6.41. The second-order valence-electron chi connectivity index (χ2n) is 8.47. The largest absolute Gasteiger partial charge is 0.309 e. The molecule has 0 fully saturated rings. The smallest absolute Gasteiger partial charge is 0.0547 e. The quantitative estimate of drug-likeness (QED) is 0.349. The first-order valence-electron chi connectivity index (χ1n) is 10.1. The van der Waals surface area contributed by atoms with Crippen LogP contribution < -0.4 is 0 Å². The summed E-state index contributed by atoms with van der Waals surface area (Å²) in [5.41, 5.74) is 9.92. The molecule has 0 saturated heterocycles. The van der Waals surface area contributed by atoms with E-state index in [1.807, 2.05) is 12.2 Å². The van der Waals surface area contributed by atoms with Crippen LogP contribution in [0, 0.1) is 6.92 Å². The maximum atomic E-state index is 4.11. The van der Waals surface area contributed by atoms with Gasteiger partial charge in [0, 0.05) is 21.9 Å². The molecule has 0 radical (unpaired) electrons. The van der Waals surface area contributed by atoms with Crippen LogP contribution in [0.3, 0.4) is 0 Å². The minimum absolute atomic E-state index is 0.0835. The Bertz CT molecular complexity index is 1340. The van der Waals surface area contributed by atoms with E-state index in [4.69, 9.17) is 0 Å². The zero-order valence-electron chi connectivity index (χ0n) is 17.3. The molecule has 1 aliphatic carbocycles. The molecule has 1 heterocycles. The van der Waals surface area contributed by atoms with Crippen molar-refractivity contribution in [1.29, 1.82) is 0 Å². The third kappa shape index (κ3) is 2.34. The fourth-order valence-corrected chi connectivity index (χ4v) is 4.99. The molecule has 5 rings (SSSR count). The number of para-hydroxylation sites is 1. The molecule has 0 amide bonds. The van der Waals surface area contributed by atoms with E-state index in [0.717, 1.165) is 0 Å². The Kier molecular flexibility index (Phi) is 3.73. The van der Waals surface area contributed by atoms with Gasteiger partial charge in [-0.25, -0.2) is 0 Å².